The maximum Gasteiger partial charge on any atom is 0.120 e. The Kier molecular flexibility index (Phi) is 4.30. The molecule has 0 bridgehead atoms. The second-order valence-electron chi connectivity index (χ2n) is 4.62. The van der Waals surface area contributed by atoms with Gasteiger partial charge >= 0.3 is 0 Å². The summed E-state index contributed by atoms with van der Waals surface area (Å²) >= 11 is 0. The lowest BCUT2D eigenvalue weighted by atomic mass is 9.81. The van der Waals surface area contributed by atoms with Crippen LogP contribution in [0.3, 0.4) is 0 Å². The normalized spacial score (nSPS) is 13.8. The molecule has 1 unspecified atom stereocenters. The number of aldehydes is 1. The van der Waals surface area contributed by atoms with E-state index in [1.807, 2.05) is 24.3 Å². The molecule has 2 aromatic carbocycles. The van der Waals surface area contributed by atoms with Crippen molar-refractivity contribution in [3.8, 4) is 0 Å². The van der Waals surface area contributed by atoms with E-state index < -0.39 is 0 Å². The summed E-state index contributed by atoms with van der Waals surface area (Å²) in [4.78, 5) is 10.9. The Morgan fingerprint density at radius 3 is 1.89 bits per heavy atom. The van der Waals surface area contributed by atoms with Gasteiger partial charge in [-0.25, -0.2) is 0 Å². The number of hydrogen-bond acceptors (Lipinski definition) is 1. The molecule has 0 radical (unpaired) electrons. The third-order valence-corrected chi connectivity index (χ3v) is 3.51. The number of hydrogen-bond donors (Lipinski definition) is 0. The van der Waals surface area contributed by atoms with Gasteiger partial charge in [-0.2, -0.15) is 0 Å². The summed E-state index contributed by atoms with van der Waals surface area (Å²) in [6.07, 6.45) is 1.59. The first-order valence-corrected chi connectivity index (χ1v) is 6.36. The molecule has 0 aliphatic carbocycles. The molecule has 0 N–H and O–H groups in total. The van der Waals surface area contributed by atoms with Gasteiger partial charge in [0.1, 0.15) is 6.29 Å². The Labute approximate surface area is 108 Å². The quantitative estimate of drug-likeness (QED) is 0.715. The number of carbonyl (C=O) groups excluding carboxylic acids is 1. The van der Waals surface area contributed by atoms with Gasteiger partial charge in [-0.1, -0.05) is 67.6 Å². The van der Waals surface area contributed by atoms with Gasteiger partial charge in [0, 0.05) is 6.42 Å². The standard InChI is InChI=1S/C17H18O/c1-14(15-8-4-2-5-9-15)17(12-13-18)16-10-6-3-7-11-16/h2-11,13-14,17H,12H2,1H3/t14?,17-/m1/s1. The van der Waals surface area contributed by atoms with Crippen LogP contribution in [0.25, 0.3) is 0 Å². The van der Waals surface area contributed by atoms with E-state index in [2.05, 4.69) is 43.3 Å². The molecule has 0 aliphatic heterocycles. The molecular weight excluding hydrogens is 220 g/mol. The van der Waals surface area contributed by atoms with Crippen molar-refractivity contribution in [1.29, 1.82) is 0 Å². The Hall–Kier alpha value is -1.89. The molecule has 18 heavy (non-hydrogen) atoms. The molecule has 0 heterocycles. The van der Waals surface area contributed by atoms with Gasteiger partial charge in [0.2, 0.25) is 0 Å². The second-order valence-corrected chi connectivity index (χ2v) is 4.62. The van der Waals surface area contributed by atoms with Crippen LogP contribution < -0.4 is 0 Å². The van der Waals surface area contributed by atoms with E-state index >= 15 is 0 Å². The SMILES string of the molecule is CC(c1ccccc1)[C@@H](CC=O)c1ccccc1. The lowest BCUT2D eigenvalue weighted by Crippen LogP contribution is -2.09. The zero-order chi connectivity index (χ0) is 12.8. The smallest absolute Gasteiger partial charge is 0.120 e. The van der Waals surface area contributed by atoms with Gasteiger partial charge < -0.3 is 4.79 Å². The monoisotopic (exact) mass is 238 g/mol. The third-order valence-electron chi connectivity index (χ3n) is 3.51. The van der Waals surface area contributed by atoms with Gasteiger partial charge in [-0.3, -0.25) is 0 Å². The highest BCUT2D eigenvalue weighted by atomic mass is 16.1. The highest BCUT2D eigenvalue weighted by Crippen LogP contribution is 2.34. The van der Waals surface area contributed by atoms with Crippen LogP contribution in [0, 0.1) is 0 Å². The summed E-state index contributed by atoms with van der Waals surface area (Å²) in [5, 5.41) is 0. The first-order valence-electron chi connectivity index (χ1n) is 6.36. The molecule has 1 heteroatoms. The van der Waals surface area contributed by atoms with Crippen molar-refractivity contribution in [1.82, 2.24) is 0 Å². The summed E-state index contributed by atoms with van der Waals surface area (Å²) < 4.78 is 0. The predicted octanol–water partition coefficient (Wildman–Crippen LogP) is 4.16. The summed E-state index contributed by atoms with van der Waals surface area (Å²) in [6, 6.07) is 20.7. The molecule has 0 fully saturated rings. The molecule has 0 saturated heterocycles. The van der Waals surface area contributed by atoms with Crippen molar-refractivity contribution in [3.05, 3.63) is 71.8 Å². The molecule has 0 amide bonds. The van der Waals surface area contributed by atoms with E-state index in [9.17, 15) is 4.79 Å². The minimum atomic E-state index is 0.256. The highest BCUT2D eigenvalue weighted by molar-refractivity contribution is 5.52. The average Bonchev–Trinajstić information content (AvgIpc) is 2.46. The molecule has 2 aromatic rings. The van der Waals surface area contributed by atoms with Crippen molar-refractivity contribution < 1.29 is 4.79 Å². The number of rotatable bonds is 5. The maximum absolute atomic E-state index is 10.9. The van der Waals surface area contributed by atoms with Gasteiger partial charge in [-0.05, 0) is 23.0 Å². The maximum atomic E-state index is 10.9. The topological polar surface area (TPSA) is 17.1 Å². The minimum Gasteiger partial charge on any atom is -0.303 e. The van der Waals surface area contributed by atoms with Gasteiger partial charge in [0.15, 0.2) is 0 Å². The largest absolute Gasteiger partial charge is 0.303 e. The van der Waals surface area contributed by atoms with Gasteiger partial charge in [0.25, 0.3) is 0 Å². The van der Waals surface area contributed by atoms with Gasteiger partial charge in [-0.15, -0.1) is 0 Å². The molecule has 0 spiro atoms. The first kappa shape index (κ1) is 12.6. The van der Waals surface area contributed by atoms with Crippen molar-refractivity contribution >= 4 is 6.29 Å². The minimum absolute atomic E-state index is 0.256. The van der Waals surface area contributed by atoms with Crippen LogP contribution in [-0.4, -0.2) is 6.29 Å². The predicted molar refractivity (Wildman–Crippen MR) is 74.7 cm³/mol. The summed E-state index contributed by atoms with van der Waals surface area (Å²) in [6.45, 7) is 2.19. The number of carbonyl (C=O) groups is 1. The summed E-state index contributed by atoms with van der Waals surface area (Å²) in [7, 11) is 0. The van der Waals surface area contributed by atoms with Crippen LogP contribution >= 0.6 is 0 Å². The fourth-order valence-corrected chi connectivity index (χ4v) is 2.42. The zero-order valence-electron chi connectivity index (χ0n) is 10.6. The van der Waals surface area contributed by atoms with Crippen molar-refractivity contribution in [2.24, 2.45) is 0 Å². The third kappa shape index (κ3) is 2.86. The Morgan fingerprint density at radius 2 is 1.39 bits per heavy atom. The van der Waals surface area contributed by atoms with Crippen LogP contribution in [0.2, 0.25) is 0 Å². The van der Waals surface area contributed by atoms with Gasteiger partial charge in [0.05, 0.1) is 0 Å². The Morgan fingerprint density at radius 1 is 0.889 bits per heavy atom. The van der Waals surface area contributed by atoms with E-state index in [1.54, 1.807) is 0 Å². The lowest BCUT2D eigenvalue weighted by molar-refractivity contribution is -0.108. The Bertz CT molecular complexity index is 475. The molecule has 2 rings (SSSR count). The molecule has 0 saturated carbocycles. The van der Waals surface area contributed by atoms with E-state index in [0.29, 0.717) is 12.3 Å². The van der Waals surface area contributed by atoms with Crippen molar-refractivity contribution in [2.45, 2.75) is 25.2 Å². The van der Waals surface area contributed by atoms with Crippen LogP contribution in [-0.2, 0) is 4.79 Å². The first-order chi connectivity index (χ1) is 8.83. The molecule has 92 valence electrons. The van der Waals surface area contributed by atoms with Crippen LogP contribution in [0.15, 0.2) is 60.7 Å². The van der Waals surface area contributed by atoms with Crippen molar-refractivity contribution in [3.63, 3.8) is 0 Å². The van der Waals surface area contributed by atoms with Crippen LogP contribution in [0.1, 0.15) is 36.3 Å². The van der Waals surface area contributed by atoms with E-state index in [4.69, 9.17) is 0 Å². The molecular formula is C17H18O. The molecule has 2 atom stereocenters. The molecule has 0 aliphatic rings. The zero-order valence-corrected chi connectivity index (χ0v) is 10.6. The highest BCUT2D eigenvalue weighted by Gasteiger charge is 2.20. The lowest BCUT2D eigenvalue weighted by Gasteiger charge is -2.23. The van der Waals surface area contributed by atoms with Crippen molar-refractivity contribution in [2.75, 3.05) is 0 Å². The van der Waals surface area contributed by atoms with E-state index in [1.165, 1.54) is 11.1 Å². The number of benzene rings is 2. The molecule has 0 aromatic heterocycles. The van der Waals surface area contributed by atoms with Crippen LogP contribution in [0.5, 0.6) is 0 Å². The fourth-order valence-electron chi connectivity index (χ4n) is 2.42. The Balaban J connectivity index is 2.28. The van der Waals surface area contributed by atoms with Crippen LogP contribution in [0.4, 0.5) is 0 Å². The average molecular weight is 238 g/mol. The van der Waals surface area contributed by atoms with E-state index in [-0.39, 0.29) is 5.92 Å². The fraction of sp³-hybridized carbons (Fsp3) is 0.235. The summed E-state index contributed by atoms with van der Waals surface area (Å²) in [5.74, 6) is 0.602. The summed E-state index contributed by atoms with van der Waals surface area (Å²) in [5.41, 5.74) is 2.52. The second kappa shape index (κ2) is 6.15. The molecule has 1 nitrogen and oxygen atoms in total. The van der Waals surface area contributed by atoms with E-state index in [0.717, 1.165) is 6.29 Å².